The second-order valence-electron chi connectivity index (χ2n) is 6.27. The fourth-order valence-corrected chi connectivity index (χ4v) is 2.35. The fraction of sp³-hybridized carbons (Fsp3) is 1.00. The van der Waals surface area contributed by atoms with Crippen molar-refractivity contribution in [3.05, 3.63) is 0 Å². The highest BCUT2D eigenvalue weighted by Crippen LogP contribution is 2.25. The van der Waals surface area contributed by atoms with Crippen LogP contribution in [0, 0.1) is 11.3 Å². The molecular weight excluding hydrogens is 184 g/mol. The molecule has 1 aliphatic heterocycles. The van der Waals surface area contributed by atoms with Gasteiger partial charge in [-0.05, 0) is 45.2 Å². The van der Waals surface area contributed by atoms with Gasteiger partial charge < -0.3 is 10.2 Å². The Labute approximate surface area is 95.4 Å². The third kappa shape index (κ3) is 3.46. The third-order valence-corrected chi connectivity index (χ3v) is 4.13. The molecular formula is C13H28N2. The second kappa shape index (κ2) is 4.84. The first-order valence-corrected chi connectivity index (χ1v) is 6.26. The zero-order valence-electron chi connectivity index (χ0n) is 11.3. The van der Waals surface area contributed by atoms with Crippen molar-refractivity contribution in [1.29, 1.82) is 0 Å². The standard InChI is InChI=1S/C13H28N2/c1-10-12(7-8-14-10)9-15(6)11(2)13(3,4)5/h10-12,14H,7-9H2,1-6H3. The van der Waals surface area contributed by atoms with E-state index in [9.17, 15) is 0 Å². The molecule has 0 aromatic heterocycles. The van der Waals surface area contributed by atoms with Gasteiger partial charge in [0.15, 0.2) is 0 Å². The number of nitrogens with one attached hydrogen (secondary N) is 1. The molecule has 2 heteroatoms. The summed E-state index contributed by atoms with van der Waals surface area (Å²) in [5.74, 6) is 0.833. The molecule has 0 amide bonds. The summed E-state index contributed by atoms with van der Waals surface area (Å²) in [5.41, 5.74) is 0.379. The van der Waals surface area contributed by atoms with Crippen LogP contribution in [0.25, 0.3) is 0 Å². The molecule has 0 aromatic carbocycles. The Morgan fingerprint density at radius 1 is 1.40 bits per heavy atom. The molecule has 0 radical (unpaired) electrons. The Kier molecular flexibility index (Phi) is 4.19. The van der Waals surface area contributed by atoms with Crippen molar-refractivity contribution in [3.63, 3.8) is 0 Å². The van der Waals surface area contributed by atoms with Crippen LogP contribution in [0.4, 0.5) is 0 Å². The van der Waals surface area contributed by atoms with Gasteiger partial charge in [-0.25, -0.2) is 0 Å². The van der Waals surface area contributed by atoms with Crippen LogP contribution < -0.4 is 5.32 Å². The van der Waals surface area contributed by atoms with Crippen molar-refractivity contribution in [2.24, 2.45) is 11.3 Å². The summed E-state index contributed by atoms with van der Waals surface area (Å²) in [5, 5.41) is 3.53. The highest BCUT2D eigenvalue weighted by molar-refractivity contribution is 4.85. The summed E-state index contributed by atoms with van der Waals surface area (Å²) in [6, 6.07) is 1.34. The van der Waals surface area contributed by atoms with E-state index in [0.29, 0.717) is 17.5 Å². The Morgan fingerprint density at radius 2 is 2.00 bits per heavy atom. The maximum atomic E-state index is 3.53. The summed E-state index contributed by atoms with van der Waals surface area (Å²) < 4.78 is 0. The van der Waals surface area contributed by atoms with E-state index < -0.39 is 0 Å². The number of hydrogen-bond acceptors (Lipinski definition) is 2. The molecule has 3 unspecified atom stereocenters. The lowest BCUT2D eigenvalue weighted by molar-refractivity contribution is 0.120. The molecule has 1 fully saturated rings. The van der Waals surface area contributed by atoms with Crippen LogP contribution in [-0.4, -0.2) is 37.1 Å². The number of rotatable bonds is 3. The third-order valence-electron chi connectivity index (χ3n) is 4.13. The average Bonchev–Trinajstić information content (AvgIpc) is 2.49. The maximum absolute atomic E-state index is 3.53. The van der Waals surface area contributed by atoms with E-state index in [0.717, 1.165) is 5.92 Å². The Bertz CT molecular complexity index is 195. The molecule has 1 heterocycles. The molecule has 15 heavy (non-hydrogen) atoms. The van der Waals surface area contributed by atoms with Gasteiger partial charge in [0.1, 0.15) is 0 Å². The fourth-order valence-electron chi connectivity index (χ4n) is 2.35. The van der Waals surface area contributed by atoms with Crippen molar-refractivity contribution < 1.29 is 0 Å². The molecule has 0 aliphatic carbocycles. The first-order chi connectivity index (χ1) is 6.82. The summed E-state index contributed by atoms with van der Waals surface area (Å²) in [6.07, 6.45) is 1.34. The van der Waals surface area contributed by atoms with Crippen molar-refractivity contribution in [2.75, 3.05) is 20.1 Å². The first kappa shape index (κ1) is 13.0. The zero-order valence-corrected chi connectivity index (χ0v) is 11.3. The molecule has 90 valence electrons. The van der Waals surface area contributed by atoms with Crippen molar-refractivity contribution >= 4 is 0 Å². The summed E-state index contributed by atoms with van der Waals surface area (Å²) in [6.45, 7) is 14.1. The topological polar surface area (TPSA) is 15.3 Å². The van der Waals surface area contributed by atoms with Gasteiger partial charge in [-0.15, -0.1) is 0 Å². The molecule has 0 saturated carbocycles. The maximum Gasteiger partial charge on any atom is 0.0112 e. The highest BCUT2D eigenvalue weighted by atomic mass is 15.1. The highest BCUT2D eigenvalue weighted by Gasteiger charge is 2.29. The van der Waals surface area contributed by atoms with E-state index in [4.69, 9.17) is 0 Å². The van der Waals surface area contributed by atoms with Gasteiger partial charge >= 0.3 is 0 Å². The van der Waals surface area contributed by atoms with E-state index in [1.54, 1.807) is 0 Å². The summed E-state index contributed by atoms with van der Waals surface area (Å²) in [7, 11) is 2.26. The van der Waals surface area contributed by atoms with E-state index in [1.165, 1.54) is 19.5 Å². The van der Waals surface area contributed by atoms with Crippen molar-refractivity contribution in [1.82, 2.24) is 10.2 Å². The molecule has 1 N–H and O–H groups in total. The minimum absolute atomic E-state index is 0.379. The lowest BCUT2D eigenvalue weighted by Gasteiger charge is -2.37. The monoisotopic (exact) mass is 212 g/mol. The van der Waals surface area contributed by atoms with Gasteiger partial charge in [-0.2, -0.15) is 0 Å². The summed E-state index contributed by atoms with van der Waals surface area (Å²) >= 11 is 0. The minimum Gasteiger partial charge on any atom is -0.314 e. The predicted molar refractivity (Wildman–Crippen MR) is 67.1 cm³/mol. The van der Waals surface area contributed by atoms with Crippen LogP contribution in [-0.2, 0) is 0 Å². The van der Waals surface area contributed by atoms with Crippen LogP contribution in [0.5, 0.6) is 0 Å². The van der Waals surface area contributed by atoms with E-state index in [2.05, 4.69) is 51.9 Å². The molecule has 3 atom stereocenters. The molecule has 0 bridgehead atoms. The van der Waals surface area contributed by atoms with Crippen molar-refractivity contribution in [2.45, 2.75) is 53.1 Å². The van der Waals surface area contributed by atoms with Gasteiger partial charge in [-0.3, -0.25) is 0 Å². The van der Waals surface area contributed by atoms with E-state index >= 15 is 0 Å². The van der Waals surface area contributed by atoms with E-state index in [-0.39, 0.29) is 0 Å². The SMILES string of the molecule is CC1NCCC1CN(C)C(C)C(C)(C)C. The van der Waals surface area contributed by atoms with Crippen LogP contribution in [0.1, 0.15) is 41.0 Å². The van der Waals surface area contributed by atoms with Gasteiger partial charge in [-0.1, -0.05) is 20.8 Å². The van der Waals surface area contributed by atoms with Gasteiger partial charge in [0.2, 0.25) is 0 Å². The minimum atomic E-state index is 0.379. The molecule has 1 rings (SSSR count). The molecule has 0 spiro atoms. The molecule has 2 nitrogen and oxygen atoms in total. The number of nitrogens with zero attached hydrogens (tertiary/aromatic N) is 1. The van der Waals surface area contributed by atoms with Crippen LogP contribution >= 0.6 is 0 Å². The van der Waals surface area contributed by atoms with Crippen LogP contribution in [0.3, 0.4) is 0 Å². The quantitative estimate of drug-likeness (QED) is 0.772. The normalized spacial score (nSPS) is 29.8. The lowest BCUT2D eigenvalue weighted by atomic mass is 9.86. The first-order valence-electron chi connectivity index (χ1n) is 6.26. The zero-order chi connectivity index (χ0) is 11.6. The van der Waals surface area contributed by atoms with Gasteiger partial charge in [0.25, 0.3) is 0 Å². The average molecular weight is 212 g/mol. The van der Waals surface area contributed by atoms with Gasteiger partial charge in [0, 0.05) is 18.6 Å². The van der Waals surface area contributed by atoms with Crippen LogP contribution in [0.15, 0.2) is 0 Å². The van der Waals surface area contributed by atoms with Crippen LogP contribution in [0.2, 0.25) is 0 Å². The molecule has 1 saturated heterocycles. The Balaban J connectivity index is 2.44. The van der Waals surface area contributed by atoms with E-state index in [1.807, 2.05) is 0 Å². The number of hydrogen-bond donors (Lipinski definition) is 1. The Hall–Kier alpha value is -0.0800. The van der Waals surface area contributed by atoms with Gasteiger partial charge in [0.05, 0.1) is 0 Å². The smallest absolute Gasteiger partial charge is 0.0112 e. The molecule has 1 aliphatic rings. The molecule has 0 aromatic rings. The largest absolute Gasteiger partial charge is 0.314 e. The predicted octanol–water partition coefficient (Wildman–Crippen LogP) is 2.35. The Morgan fingerprint density at radius 3 is 2.40 bits per heavy atom. The second-order valence-corrected chi connectivity index (χ2v) is 6.27. The lowest BCUT2D eigenvalue weighted by Crippen LogP contribution is -2.43. The van der Waals surface area contributed by atoms with Crippen molar-refractivity contribution in [3.8, 4) is 0 Å². The summed E-state index contributed by atoms with van der Waals surface area (Å²) in [4.78, 5) is 2.52.